The quantitative estimate of drug-likeness (QED) is 0.587. The van der Waals surface area contributed by atoms with Crippen LogP contribution in [0.1, 0.15) is 38.5 Å². The molecule has 0 aromatic carbocycles. The average molecular weight is 193 g/mol. The molecule has 0 saturated heterocycles. The van der Waals surface area contributed by atoms with Crippen molar-refractivity contribution in [2.75, 3.05) is 7.11 Å². The van der Waals surface area contributed by atoms with Crippen LogP contribution in [-0.4, -0.2) is 12.8 Å². The van der Waals surface area contributed by atoms with E-state index >= 15 is 0 Å². The van der Waals surface area contributed by atoms with Gasteiger partial charge >= 0.3 is 0 Å². The van der Waals surface area contributed by atoms with Crippen LogP contribution in [-0.2, 0) is 4.84 Å². The van der Waals surface area contributed by atoms with Crippen molar-refractivity contribution in [1.82, 2.24) is 0 Å². The predicted octanol–water partition coefficient (Wildman–Crippen LogP) is 2.84. The van der Waals surface area contributed by atoms with Gasteiger partial charge in [-0.2, -0.15) is 0 Å². The third-order valence-corrected chi connectivity index (χ3v) is 4.41. The first kappa shape index (κ1) is 8.75. The normalized spacial score (nSPS) is 48.2. The number of fused-ring (bicyclic) bond motifs is 1. The van der Waals surface area contributed by atoms with Gasteiger partial charge in [0.1, 0.15) is 7.11 Å². The summed E-state index contributed by atoms with van der Waals surface area (Å²) < 4.78 is 0. The number of oxime groups is 1. The van der Waals surface area contributed by atoms with E-state index in [0.717, 1.165) is 23.7 Å². The van der Waals surface area contributed by atoms with Gasteiger partial charge < -0.3 is 4.84 Å². The molecule has 0 aromatic heterocycles. The van der Waals surface area contributed by atoms with Gasteiger partial charge in [0.2, 0.25) is 0 Å². The summed E-state index contributed by atoms with van der Waals surface area (Å²) in [4.78, 5) is 4.98. The topological polar surface area (TPSA) is 21.6 Å². The van der Waals surface area contributed by atoms with Gasteiger partial charge in [-0.05, 0) is 56.3 Å². The summed E-state index contributed by atoms with van der Waals surface area (Å²) >= 11 is 0. The van der Waals surface area contributed by atoms with E-state index in [-0.39, 0.29) is 0 Å². The van der Waals surface area contributed by atoms with Crippen molar-refractivity contribution < 1.29 is 4.84 Å². The van der Waals surface area contributed by atoms with Crippen LogP contribution in [0.4, 0.5) is 0 Å². The van der Waals surface area contributed by atoms with Gasteiger partial charge in [0, 0.05) is 5.92 Å². The summed E-state index contributed by atoms with van der Waals surface area (Å²) in [6, 6.07) is 0. The molecule has 0 radical (unpaired) electrons. The minimum absolute atomic E-state index is 0.770. The fraction of sp³-hybridized carbons (Fsp3) is 0.917. The summed E-state index contributed by atoms with van der Waals surface area (Å²) in [7, 11) is 1.68. The lowest BCUT2D eigenvalue weighted by molar-refractivity contribution is 0.139. The van der Waals surface area contributed by atoms with Crippen LogP contribution >= 0.6 is 0 Å². The van der Waals surface area contributed by atoms with E-state index in [1.165, 1.54) is 44.2 Å². The van der Waals surface area contributed by atoms with E-state index in [9.17, 15) is 0 Å². The molecule has 4 aliphatic carbocycles. The third kappa shape index (κ3) is 1.35. The second kappa shape index (κ2) is 3.25. The average Bonchev–Trinajstić information content (AvgIpc) is 2.32. The van der Waals surface area contributed by atoms with Crippen molar-refractivity contribution in [2.24, 2.45) is 28.8 Å². The highest BCUT2D eigenvalue weighted by Crippen LogP contribution is 2.50. The van der Waals surface area contributed by atoms with Crippen molar-refractivity contribution >= 4 is 5.71 Å². The molecule has 0 spiro atoms. The number of hydrogen-bond acceptors (Lipinski definition) is 2. The van der Waals surface area contributed by atoms with Gasteiger partial charge in [-0.15, -0.1) is 0 Å². The summed E-state index contributed by atoms with van der Waals surface area (Å²) in [6.07, 6.45) is 8.47. The Morgan fingerprint density at radius 1 is 1.00 bits per heavy atom. The molecule has 2 unspecified atom stereocenters. The molecule has 0 aromatic rings. The van der Waals surface area contributed by atoms with Crippen LogP contribution in [0.3, 0.4) is 0 Å². The highest BCUT2D eigenvalue weighted by Gasteiger charge is 2.42. The molecule has 4 saturated carbocycles. The lowest BCUT2D eigenvalue weighted by Gasteiger charge is -2.37. The van der Waals surface area contributed by atoms with Crippen LogP contribution in [0.5, 0.6) is 0 Å². The molecule has 0 N–H and O–H groups in total. The Morgan fingerprint density at radius 2 is 1.64 bits per heavy atom. The van der Waals surface area contributed by atoms with Crippen molar-refractivity contribution in [1.29, 1.82) is 0 Å². The number of nitrogens with zero attached hydrogens (tertiary/aromatic N) is 1. The van der Waals surface area contributed by atoms with E-state index < -0.39 is 0 Å². The molecule has 4 bridgehead atoms. The van der Waals surface area contributed by atoms with Gasteiger partial charge in [0.25, 0.3) is 0 Å². The second-order valence-corrected chi connectivity index (χ2v) is 5.44. The maximum Gasteiger partial charge on any atom is 0.106 e. The van der Waals surface area contributed by atoms with Crippen molar-refractivity contribution in [3.63, 3.8) is 0 Å². The first-order chi connectivity index (χ1) is 6.85. The summed E-state index contributed by atoms with van der Waals surface area (Å²) in [6.45, 7) is 0. The largest absolute Gasteiger partial charge is 0.399 e. The lowest BCUT2D eigenvalue weighted by Crippen LogP contribution is -2.28. The zero-order chi connectivity index (χ0) is 9.54. The van der Waals surface area contributed by atoms with E-state index in [2.05, 4.69) is 5.16 Å². The minimum atomic E-state index is 0.770. The molecule has 4 rings (SSSR count). The van der Waals surface area contributed by atoms with Crippen LogP contribution in [0, 0.1) is 23.7 Å². The highest BCUT2D eigenvalue weighted by atomic mass is 16.6. The van der Waals surface area contributed by atoms with Gasteiger partial charge in [-0.3, -0.25) is 0 Å². The van der Waals surface area contributed by atoms with Crippen molar-refractivity contribution in [3.8, 4) is 0 Å². The molecule has 0 aliphatic heterocycles. The van der Waals surface area contributed by atoms with Gasteiger partial charge in [-0.1, -0.05) is 5.16 Å². The number of hydrogen-bond donors (Lipinski definition) is 0. The zero-order valence-electron chi connectivity index (χ0n) is 8.91. The van der Waals surface area contributed by atoms with Crippen molar-refractivity contribution in [3.05, 3.63) is 0 Å². The fourth-order valence-electron chi connectivity index (χ4n) is 4.12. The summed E-state index contributed by atoms with van der Waals surface area (Å²) in [5, 5.41) is 4.26. The SMILES string of the molecule is CO/N=C1/CC2C[C@@H]3CC1C[C@H](C2)C3. The molecular formula is C12H19NO. The Labute approximate surface area is 85.7 Å². The Bertz CT molecular complexity index is 247. The molecular weight excluding hydrogens is 174 g/mol. The highest BCUT2D eigenvalue weighted by molar-refractivity contribution is 5.87. The predicted molar refractivity (Wildman–Crippen MR) is 56.1 cm³/mol. The molecule has 2 nitrogen and oxygen atoms in total. The summed E-state index contributed by atoms with van der Waals surface area (Å²) in [5.41, 5.74) is 1.38. The first-order valence-electron chi connectivity index (χ1n) is 5.95. The molecule has 4 atom stereocenters. The molecule has 0 heterocycles. The molecule has 0 amide bonds. The third-order valence-electron chi connectivity index (χ3n) is 4.41. The number of rotatable bonds is 1. The van der Waals surface area contributed by atoms with Crippen LogP contribution in [0.2, 0.25) is 0 Å². The van der Waals surface area contributed by atoms with Gasteiger partial charge in [0.15, 0.2) is 0 Å². The molecule has 2 heteroatoms. The Balaban J connectivity index is 1.89. The second-order valence-electron chi connectivity index (χ2n) is 5.44. The van der Waals surface area contributed by atoms with E-state index in [0.29, 0.717) is 0 Å². The smallest absolute Gasteiger partial charge is 0.106 e. The van der Waals surface area contributed by atoms with Gasteiger partial charge in [-0.25, -0.2) is 0 Å². The fourth-order valence-corrected chi connectivity index (χ4v) is 4.12. The maximum absolute atomic E-state index is 4.98. The van der Waals surface area contributed by atoms with E-state index in [1.807, 2.05) is 0 Å². The maximum atomic E-state index is 4.98. The summed E-state index contributed by atoms with van der Waals surface area (Å²) in [5.74, 6) is 3.73. The Kier molecular flexibility index (Phi) is 2.03. The van der Waals surface area contributed by atoms with E-state index in [4.69, 9.17) is 4.84 Å². The van der Waals surface area contributed by atoms with Crippen LogP contribution < -0.4 is 0 Å². The van der Waals surface area contributed by atoms with E-state index in [1.54, 1.807) is 7.11 Å². The molecule has 78 valence electrons. The molecule has 14 heavy (non-hydrogen) atoms. The zero-order valence-corrected chi connectivity index (χ0v) is 8.91. The lowest BCUT2D eigenvalue weighted by atomic mass is 9.68. The first-order valence-corrected chi connectivity index (χ1v) is 5.95. The minimum Gasteiger partial charge on any atom is -0.399 e. The monoisotopic (exact) mass is 193 g/mol. The Hall–Kier alpha value is -0.530. The van der Waals surface area contributed by atoms with Crippen molar-refractivity contribution in [2.45, 2.75) is 38.5 Å². The molecule has 4 fully saturated rings. The standard InChI is InChI=1S/C12H19NO/c1-14-13-12-7-10-3-8-2-9(4-10)6-11(12)5-8/h8-11H,2-7H2,1H3/b13-12-/t8-,9+,10?,11?. The van der Waals surface area contributed by atoms with Crippen LogP contribution in [0.15, 0.2) is 5.16 Å². The van der Waals surface area contributed by atoms with Gasteiger partial charge in [0.05, 0.1) is 5.71 Å². The van der Waals surface area contributed by atoms with Crippen LogP contribution in [0.25, 0.3) is 0 Å². The Morgan fingerprint density at radius 3 is 2.29 bits per heavy atom. The molecule has 4 aliphatic rings.